The van der Waals surface area contributed by atoms with Crippen LogP contribution in [-0.4, -0.2) is 27.9 Å². The minimum Gasteiger partial charge on any atom is -0.528 e. The molecule has 0 aliphatic heterocycles. The summed E-state index contributed by atoms with van der Waals surface area (Å²) < 4.78 is 12.1. The minimum absolute atomic E-state index is 0.0844. The van der Waals surface area contributed by atoms with E-state index in [1.165, 1.54) is 12.3 Å². The molecule has 0 bridgehead atoms. The van der Waals surface area contributed by atoms with Crippen LogP contribution in [0.5, 0.6) is 11.5 Å². The molecular weight excluding hydrogens is 374 g/mol. The summed E-state index contributed by atoms with van der Waals surface area (Å²) in [5, 5.41) is 17.0. The van der Waals surface area contributed by atoms with Gasteiger partial charge < -0.3 is 24.7 Å². The second-order valence-corrected chi connectivity index (χ2v) is 6.50. The summed E-state index contributed by atoms with van der Waals surface area (Å²) in [7, 11) is 0. The predicted octanol–water partition coefficient (Wildman–Crippen LogP) is 2.69. The number of nitrogens with one attached hydrogen (secondary N) is 1. The molecule has 1 N–H and O–H groups in total. The first-order chi connectivity index (χ1) is 13.9. The highest BCUT2D eigenvalue weighted by atomic mass is 16.5. The fourth-order valence-corrected chi connectivity index (χ4v) is 2.55. The van der Waals surface area contributed by atoms with Crippen molar-refractivity contribution in [2.45, 2.75) is 26.6 Å². The first-order valence-corrected chi connectivity index (χ1v) is 8.97. The van der Waals surface area contributed by atoms with Crippen molar-refractivity contribution < 1.29 is 24.2 Å². The summed E-state index contributed by atoms with van der Waals surface area (Å²) >= 11 is 0. The molecule has 150 valence electrons. The number of carbonyl (C=O) groups excluding carboxylic acids is 2. The number of hydrogen-bond donors (Lipinski definition) is 1. The molecule has 0 atom stereocenters. The lowest BCUT2D eigenvalue weighted by Crippen LogP contribution is -2.29. The number of hydrogen-bond acceptors (Lipinski definition) is 6. The van der Waals surface area contributed by atoms with Gasteiger partial charge in [0.2, 0.25) is 0 Å². The van der Waals surface area contributed by atoms with E-state index >= 15 is 0 Å². The Morgan fingerprint density at radius 2 is 1.83 bits per heavy atom. The number of aromatic nitrogens is 2. The zero-order valence-corrected chi connectivity index (χ0v) is 16.0. The molecular formula is C21H20N3O5-. The minimum atomic E-state index is -1.49. The molecule has 3 aromatic rings. The molecule has 0 spiro atoms. The number of nitrogens with zero attached hydrogens (tertiary/aromatic N) is 2. The van der Waals surface area contributed by atoms with Crippen LogP contribution in [0.4, 0.5) is 10.6 Å². The van der Waals surface area contributed by atoms with Gasteiger partial charge in [-0.2, -0.15) is 0 Å². The Morgan fingerprint density at radius 3 is 2.48 bits per heavy atom. The molecule has 0 radical (unpaired) electrons. The number of rotatable bonds is 7. The van der Waals surface area contributed by atoms with Gasteiger partial charge in [0.1, 0.15) is 18.1 Å². The van der Waals surface area contributed by atoms with Crippen LogP contribution in [0.15, 0.2) is 60.8 Å². The fraction of sp³-hybridized carbons (Fsp3) is 0.190. The van der Waals surface area contributed by atoms with Crippen LogP contribution in [0.1, 0.15) is 29.8 Å². The number of amides is 1. The van der Waals surface area contributed by atoms with E-state index in [2.05, 4.69) is 10.4 Å². The molecule has 29 heavy (non-hydrogen) atoms. The number of ether oxygens (including phenoxy) is 2. The highest BCUT2D eigenvalue weighted by Gasteiger charge is 2.13. The second kappa shape index (κ2) is 8.92. The van der Waals surface area contributed by atoms with E-state index in [1.807, 2.05) is 44.2 Å². The summed E-state index contributed by atoms with van der Waals surface area (Å²) in [6.07, 6.45) is -0.402. The van der Waals surface area contributed by atoms with E-state index in [0.29, 0.717) is 22.8 Å². The van der Waals surface area contributed by atoms with Crippen LogP contribution in [0.2, 0.25) is 0 Å². The van der Waals surface area contributed by atoms with Crippen molar-refractivity contribution in [2.24, 2.45) is 0 Å². The smallest absolute Gasteiger partial charge is 0.257 e. The maximum absolute atomic E-state index is 12.6. The number of benzene rings is 2. The maximum atomic E-state index is 12.6. The SMILES string of the molecule is CC(C)Oc1cc(OCc2ccccc2)cc(C(=O)Nc2ccn(C(=O)[O-])n2)c1. The van der Waals surface area contributed by atoms with Gasteiger partial charge in [-0.25, -0.2) is 4.68 Å². The topological polar surface area (TPSA) is 106 Å². The summed E-state index contributed by atoms with van der Waals surface area (Å²) in [5.41, 5.74) is 1.27. The zero-order valence-electron chi connectivity index (χ0n) is 16.0. The van der Waals surface area contributed by atoms with Crippen LogP contribution < -0.4 is 19.9 Å². The molecule has 0 saturated carbocycles. The molecule has 0 aliphatic rings. The van der Waals surface area contributed by atoms with Gasteiger partial charge in [0.25, 0.3) is 5.91 Å². The third-order valence-corrected chi connectivity index (χ3v) is 3.78. The quantitative estimate of drug-likeness (QED) is 0.660. The summed E-state index contributed by atoms with van der Waals surface area (Å²) in [5.74, 6) is 0.557. The summed E-state index contributed by atoms with van der Waals surface area (Å²) in [6.45, 7) is 4.09. The van der Waals surface area contributed by atoms with Gasteiger partial charge in [0.05, 0.1) is 6.10 Å². The average molecular weight is 394 g/mol. The lowest BCUT2D eigenvalue weighted by Gasteiger charge is -2.14. The molecule has 2 aromatic carbocycles. The van der Waals surface area contributed by atoms with Crippen molar-refractivity contribution in [2.75, 3.05) is 5.32 Å². The van der Waals surface area contributed by atoms with E-state index in [0.717, 1.165) is 5.56 Å². The average Bonchev–Trinajstić information content (AvgIpc) is 3.15. The van der Waals surface area contributed by atoms with Crippen LogP contribution in [-0.2, 0) is 6.61 Å². The van der Waals surface area contributed by atoms with Gasteiger partial charge in [0, 0.05) is 23.9 Å². The summed E-state index contributed by atoms with van der Waals surface area (Å²) in [6, 6.07) is 15.9. The second-order valence-electron chi connectivity index (χ2n) is 6.50. The number of anilines is 1. The Kier molecular flexibility index (Phi) is 6.13. The van der Waals surface area contributed by atoms with Gasteiger partial charge in [-0.15, -0.1) is 5.10 Å². The molecule has 0 saturated heterocycles. The highest BCUT2D eigenvalue weighted by molar-refractivity contribution is 6.04. The van der Waals surface area contributed by atoms with E-state index in [4.69, 9.17) is 9.47 Å². The lowest BCUT2D eigenvalue weighted by atomic mass is 10.2. The van der Waals surface area contributed by atoms with Crippen molar-refractivity contribution in [1.82, 2.24) is 9.78 Å². The third kappa shape index (κ3) is 5.58. The maximum Gasteiger partial charge on any atom is 0.257 e. The molecule has 0 aliphatic carbocycles. The zero-order chi connectivity index (χ0) is 20.8. The Morgan fingerprint density at radius 1 is 1.10 bits per heavy atom. The van der Waals surface area contributed by atoms with Crippen LogP contribution in [0.3, 0.4) is 0 Å². The molecule has 8 nitrogen and oxygen atoms in total. The van der Waals surface area contributed by atoms with Crippen LogP contribution >= 0.6 is 0 Å². The molecule has 0 unspecified atom stereocenters. The van der Waals surface area contributed by atoms with Gasteiger partial charge >= 0.3 is 0 Å². The number of carboxylic acid groups (broad SMARTS) is 1. The normalized spacial score (nSPS) is 10.6. The predicted molar refractivity (Wildman–Crippen MR) is 104 cm³/mol. The molecule has 0 fully saturated rings. The Hall–Kier alpha value is -3.81. The first kappa shape index (κ1) is 19.9. The molecule has 1 aromatic heterocycles. The van der Waals surface area contributed by atoms with E-state index in [9.17, 15) is 14.7 Å². The van der Waals surface area contributed by atoms with E-state index < -0.39 is 12.0 Å². The Bertz CT molecular complexity index is 999. The van der Waals surface area contributed by atoms with Crippen LogP contribution in [0, 0.1) is 0 Å². The van der Waals surface area contributed by atoms with Gasteiger partial charge in [-0.3, -0.25) is 4.79 Å². The van der Waals surface area contributed by atoms with Gasteiger partial charge in [-0.05, 0) is 31.5 Å². The number of carbonyl (C=O) groups is 2. The molecule has 3 rings (SSSR count). The van der Waals surface area contributed by atoms with Crippen molar-refractivity contribution in [3.8, 4) is 11.5 Å². The molecule has 8 heteroatoms. The standard InChI is InChI=1S/C21H21N3O5/c1-14(2)29-18-11-16(20(25)22-19-8-9-24(23-19)21(26)27)10-17(12-18)28-13-15-6-4-3-5-7-15/h3-12,14H,13H2,1-2H3,(H,26,27)(H,22,23,25)/p-1. The van der Waals surface area contributed by atoms with Crippen molar-refractivity contribution in [1.29, 1.82) is 0 Å². The van der Waals surface area contributed by atoms with Crippen molar-refractivity contribution in [3.63, 3.8) is 0 Å². The van der Waals surface area contributed by atoms with Crippen LogP contribution in [0.25, 0.3) is 0 Å². The highest BCUT2D eigenvalue weighted by Crippen LogP contribution is 2.25. The largest absolute Gasteiger partial charge is 0.528 e. The fourth-order valence-electron chi connectivity index (χ4n) is 2.55. The third-order valence-electron chi connectivity index (χ3n) is 3.78. The lowest BCUT2D eigenvalue weighted by molar-refractivity contribution is -0.251. The van der Waals surface area contributed by atoms with Gasteiger partial charge in [-0.1, -0.05) is 30.3 Å². The van der Waals surface area contributed by atoms with E-state index in [1.54, 1.807) is 18.2 Å². The molecule has 1 heterocycles. The monoisotopic (exact) mass is 394 g/mol. The summed E-state index contributed by atoms with van der Waals surface area (Å²) in [4.78, 5) is 23.4. The Labute approximate surface area is 167 Å². The Balaban J connectivity index is 1.79. The van der Waals surface area contributed by atoms with Crippen molar-refractivity contribution in [3.05, 3.63) is 71.9 Å². The van der Waals surface area contributed by atoms with E-state index in [-0.39, 0.29) is 17.5 Å². The van der Waals surface area contributed by atoms with Gasteiger partial charge in [0.15, 0.2) is 11.9 Å². The first-order valence-electron chi connectivity index (χ1n) is 8.97. The molecule has 1 amide bonds. The van der Waals surface area contributed by atoms with Crippen molar-refractivity contribution >= 4 is 17.8 Å².